The van der Waals surface area contributed by atoms with E-state index in [9.17, 15) is 25.5 Å². The number of hydrogen-bond acceptors (Lipinski definition) is 6. The summed E-state index contributed by atoms with van der Waals surface area (Å²) in [6.07, 6.45) is 4.42. The summed E-state index contributed by atoms with van der Waals surface area (Å²) in [5, 5.41) is 58.5. The van der Waals surface area contributed by atoms with Crippen molar-refractivity contribution in [1.82, 2.24) is 0 Å². The lowest BCUT2D eigenvalue weighted by Crippen LogP contribution is -2.59. The van der Waals surface area contributed by atoms with E-state index in [1.807, 2.05) is 33.8 Å². The zero-order chi connectivity index (χ0) is 33.9. The molecule has 4 aliphatic carbocycles. The molecule has 0 amide bonds. The Bertz CT molecular complexity index is 1540. The molecule has 0 spiro atoms. The molecule has 0 aliphatic heterocycles. The van der Waals surface area contributed by atoms with Gasteiger partial charge in [0.15, 0.2) is 23.0 Å². The number of rotatable bonds is 4. The van der Waals surface area contributed by atoms with Gasteiger partial charge in [0.1, 0.15) is 6.10 Å². The molecule has 0 bridgehead atoms. The number of phenolic OH excluding ortho intramolecular Hbond substituents is 4. The summed E-state index contributed by atoms with van der Waals surface area (Å²) < 4.78 is 7.40. The Morgan fingerprint density at radius 3 is 1.67 bits per heavy atom. The molecule has 2 aromatic rings. The summed E-state index contributed by atoms with van der Waals surface area (Å²) in [4.78, 5) is 0. The van der Waals surface area contributed by atoms with Crippen LogP contribution in [-0.4, -0.2) is 37.7 Å². The van der Waals surface area contributed by atoms with Crippen LogP contribution in [0.1, 0.15) is 159 Å². The number of ether oxygens (including phenoxy) is 1. The van der Waals surface area contributed by atoms with Gasteiger partial charge in [-0.15, -0.1) is 0 Å². The van der Waals surface area contributed by atoms with Gasteiger partial charge in [-0.25, -0.2) is 0 Å². The SMILES string of the molecule is CC(C)c1cc2c(c(O)c1O)[C@@]1(C)CCCC(C)(C)[C@@H]1[C@@H](O)[C@@H]2O[C@H]1Cc2cc(C(C)C)c(O)c(O)c2[C@@]2(C)CCCC(C)(C)[C@H]12. The Balaban J connectivity index is 1.57. The van der Waals surface area contributed by atoms with Gasteiger partial charge < -0.3 is 30.3 Å². The van der Waals surface area contributed by atoms with Gasteiger partial charge >= 0.3 is 0 Å². The van der Waals surface area contributed by atoms with Crippen LogP contribution in [0, 0.1) is 22.7 Å². The van der Waals surface area contributed by atoms with Gasteiger partial charge in [-0.2, -0.15) is 0 Å². The molecule has 6 rings (SSSR count). The maximum Gasteiger partial charge on any atom is 0.161 e. The lowest BCUT2D eigenvalue weighted by Gasteiger charge is -2.60. The molecule has 4 aliphatic rings. The lowest BCUT2D eigenvalue weighted by atomic mass is 9.48. The molecule has 0 unspecified atom stereocenters. The number of aromatic hydroxyl groups is 4. The van der Waals surface area contributed by atoms with Crippen molar-refractivity contribution in [3.63, 3.8) is 0 Å². The highest BCUT2D eigenvalue weighted by Crippen LogP contribution is 2.65. The number of fused-ring (bicyclic) bond motifs is 6. The van der Waals surface area contributed by atoms with Crippen molar-refractivity contribution in [2.75, 3.05) is 0 Å². The first-order valence-electron chi connectivity index (χ1n) is 17.8. The van der Waals surface area contributed by atoms with E-state index in [2.05, 4.69) is 47.6 Å². The van der Waals surface area contributed by atoms with Gasteiger partial charge in [0.25, 0.3) is 0 Å². The molecule has 254 valence electrons. The molecule has 2 aromatic carbocycles. The van der Waals surface area contributed by atoms with Crippen molar-refractivity contribution in [3.05, 3.63) is 45.5 Å². The first-order valence-corrected chi connectivity index (χ1v) is 17.8. The summed E-state index contributed by atoms with van der Waals surface area (Å²) in [5.41, 5.74) is 3.46. The van der Waals surface area contributed by atoms with Crippen LogP contribution in [-0.2, 0) is 22.0 Å². The Hall–Kier alpha value is -2.44. The maximum absolute atomic E-state index is 12.6. The Labute approximate surface area is 276 Å². The Morgan fingerprint density at radius 2 is 1.13 bits per heavy atom. The predicted molar refractivity (Wildman–Crippen MR) is 182 cm³/mol. The third-order valence-electron chi connectivity index (χ3n) is 13.3. The van der Waals surface area contributed by atoms with E-state index in [0.717, 1.165) is 66.3 Å². The summed E-state index contributed by atoms with van der Waals surface area (Å²) in [5.74, 6) is -0.298. The van der Waals surface area contributed by atoms with Crippen LogP contribution in [0.2, 0.25) is 0 Å². The highest BCUT2D eigenvalue weighted by Gasteiger charge is 2.61. The topological polar surface area (TPSA) is 110 Å². The molecule has 5 N–H and O–H groups in total. The number of hydrogen-bond donors (Lipinski definition) is 5. The minimum Gasteiger partial charge on any atom is -0.504 e. The maximum atomic E-state index is 12.6. The van der Waals surface area contributed by atoms with Gasteiger partial charge in [-0.3, -0.25) is 0 Å². The van der Waals surface area contributed by atoms with Crippen molar-refractivity contribution >= 4 is 0 Å². The summed E-state index contributed by atoms with van der Waals surface area (Å²) in [6, 6.07) is 4.07. The third-order valence-corrected chi connectivity index (χ3v) is 13.3. The van der Waals surface area contributed by atoms with Crippen molar-refractivity contribution < 1.29 is 30.3 Å². The van der Waals surface area contributed by atoms with Crippen LogP contribution >= 0.6 is 0 Å². The van der Waals surface area contributed by atoms with E-state index < -0.39 is 23.0 Å². The first-order chi connectivity index (χ1) is 21.3. The molecule has 2 fully saturated rings. The van der Waals surface area contributed by atoms with Crippen LogP contribution in [0.4, 0.5) is 0 Å². The monoisotopic (exact) mass is 634 g/mol. The molecule has 7 atom stereocenters. The van der Waals surface area contributed by atoms with Crippen LogP contribution in [0.5, 0.6) is 23.0 Å². The quantitative estimate of drug-likeness (QED) is 0.215. The van der Waals surface area contributed by atoms with Gasteiger partial charge in [0.05, 0.1) is 12.2 Å². The normalized spacial score (nSPS) is 34.5. The second-order valence-corrected chi connectivity index (χ2v) is 17.9. The van der Waals surface area contributed by atoms with Gasteiger partial charge in [0, 0.05) is 44.9 Å². The average molecular weight is 635 g/mol. The van der Waals surface area contributed by atoms with Crippen LogP contribution < -0.4 is 0 Å². The zero-order valence-electron chi connectivity index (χ0n) is 29.8. The van der Waals surface area contributed by atoms with E-state index in [4.69, 9.17) is 4.74 Å². The predicted octanol–water partition coefficient (Wildman–Crippen LogP) is 8.98. The van der Waals surface area contributed by atoms with Gasteiger partial charge in [-0.05, 0) is 72.0 Å². The first kappa shape index (κ1) is 33.5. The minimum atomic E-state index is -0.810. The van der Waals surface area contributed by atoms with Crippen LogP contribution in [0.3, 0.4) is 0 Å². The number of aliphatic hydroxyl groups excluding tert-OH is 1. The molecular formula is C40H58O6. The number of phenols is 4. The molecule has 6 nitrogen and oxygen atoms in total. The molecule has 0 heterocycles. The molecule has 0 aromatic heterocycles. The van der Waals surface area contributed by atoms with Crippen molar-refractivity contribution in [2.24, 2.45) is 22.7 Å². The van der Waals surface area contributed by atoms with Gasteiger partial charge in [-0.1, -0.05) is 88.1 Å². The lowest BCUT2D eigenvalue weighted by molar-refractivity contribution is -0.184. The highest BCUT2D eigenvalue weighted by atomic mass is 16.5. The standard InChI is InChI=1S/C40H58O6/c1-20(2)23-17-22-18-26(35-37(5,6)13-11-15-39(35,9)27(22)31(43)29(23)41)46-34-25-19-24(21(3)4)30(42)32(44)28(25)40(10)16-12-14-38(7,8)36(40)33(34)45/h17,19-21,26,33-36,41-45H,11-16,18H2,1-10H3/t26-,33-,34+,35-,36-,39+,40+/m0/s1. The van der Waals surface area contributed by atoms with Crippen molar-refractivity contribution in [1.29, 1.82) is 0 Å². The van der Waals surface area contributed by atoms with E-state index in [1.54, 1.807) is 0 Å². The summed E-state index contributed by atoms with van der Waals surface area (Å²) >= 11 is 0. The molecule has 6 heteroatoms. The zero-order valence-corrected chi connectivity index (χ0v) is 29.8. The molecule has 46 heavy (non-hydrogen) atoms. The smallest absolute Gasteiger partial charge is 0.161 e. The fraction of sp³-hybridized carbons (Fsp3) is 0.700. The van der Waals surface area contributed by atoms with Crippen LogP contribution in [0.25, 0.3) is 0 Å². The highest BCUT2D eigenvalue weighted by molar-refractivity contribution is 5.61. The second kappa shape index (κ2) is 10.8. The fourth-order valence-electron chi connectivity index (χ4n) is 11.6. The summed E-state index contributed by atoms with van der Waals surface area (Å²) in [7, 11) is 0. The van der Waals surface area contributed by atoms with E-state index >= 15 is 0 Å². The fourth-order valence-corrected chi connectivity index (χ4v) is 11.6. The number of aliphatic hydroxyl groups is 1. The minimum absolute atomic E-state index is 0.00888. The van der Waals surface area contributed by atoms with Gasteiger partial charge in [0.2, 0.25) is 0 Å². The average Bonchev–Trinajstić information content (AvgIpc) is 2.92. The van der Waals surface area contributed by atoms with E-state index in [0.29, 0.717) is 12.0 Å². The largest absolute Gasteiger partial charge is 0.504 e. The van der Waals surface area contributed by atoms with Crippen LogP contribution in [0.15, 0.2) is 12.1 Å². The molecular weight excluding hydrogens is 576 g/mol. The second-order valence-electron chi connectivity index (χ2n) is 17.9. The molecule has 0 radical (unpaired) electrons. The summed E-state index contributed by atoms with van der Waals surface area (Å²) in [6.45, 7) is 21.5. The van der Waals surface area contributed by atoms with E-state index in [-0.39, 0.29) is 63.6 Å². The van der Waals surface area contributed by atoms with E-state index in [1.165, 1.54) is 0 Å². The third kappa shape index (κ3) is 4.63. The Kier molecular flexibility index (Phi) is 7.84. The Morgan fingerprint density at radius 1 is 0.652 bits per heavy atom. The molecule has 0 saturated heterocycles. The molecule has 2 saturated carbocycles. The van der Waals surface area contributed by atoms with Crippen molar-refractivity contribution in [3.8, 4) is 23.0 Å². The number of benzene rings is 2. The van der Waals surface area contributed by atoms with Crippen molar-refractivity contribution in [2.45, 2.75) is 155 Å².